The molecule has 1 aliphatic rings. The van der Waals surface area contributed by atoms with Crippen LogP contribution in [-0.2, 0) is 6.54 Å². The van der Waals surface area contributed by atoms with Crippen LogP contribution in [0.5, 0.6) is 0 Å². The normalized spacial score (nSPS) is 21.1. The molecule has 0 bridgehead atoms. The second-order valence-electron chi connectivity index (χ2n) is 4.30. The van der Waals surface area contributed by atoms with Gasteiger partial charge >= 0.3 is 0 Å². The Morgan fingerprint density at radius 3 is 3.12 bits per heavy atom. The van der Waals surface area contributed by atoms with Crippen molar-refractivity contribution in [2.75, 3.05) is 11.4 Å². The molecule has 2 N–H and O–H groups in total. The molecule has 0 spiro atoms. The van der Waals surface area contributed by atoms with Crippen LogP contribution < -0.4 is 10.6 Å². The molecule has 0 amide bonds. The predicted octanol–water partition coefficient (Wildman–Crippen LogP) is 1.70. The summed E-state index contributed by atoms with van der Waals surface area (Å²) in [4.78, 5) is 11.2. The Balaban J connectivity index is 2.20. The van der Waals surface area contributed by atoms with Crippen LogP contribution in [0.15, 0.2) is 12.3 Å². The SMILES string of the molecule is CCC1CCCCN1c1nccc(CN)n1. The average molecular weight is 220 g/mol. The number of hydrogen-bond donors (Lipinski definition) is 1. The number of nitrogens with zero attached hydrogens (tertiary/aromatic N) is 3. The zero-order valence-corrected chi connectivity index (χ0v) is 9.89. The van der Waals surface area contributed by atoms with E-state index >= 15 is 0 Å². The molecule has 1 aromatic heterocycles. The molecule has 1 saturated heterocycles. The highest BCUT2D eigenvalue weighted by atomic mass is 15.3. The van der Waals surface area contributed by atoms with Crippen LogP contribution in [0.25, 0.3) is 0 Å². The molecule has 4 nitrogen and oxygen atoms in total. The van der Waals surface area contributed by atoms with Crippen molar-refractivity contribution < 1.29 is 0 Å². The topological polar surface area (TPSA) is 55.0 Å². The molecule has 1 atom stereocenters. The molecule has 0 radical (unpaired) electrons. The lowest BCUT2D eigenvalue weighted by atomic mass is 10.0. The van der Waals surface area contributed by atoms with Gasteiger partial charge in [0.1, 0.15) is 0 Å². The molecular formula is C12H20N4. The Morgan fingerprint density at radius 1 is 1.50 bits per heavy atom. The first kappa shape index (κ1) is 11.3. The van der Waals surface area contributed by atoms with E-state index in [1.165, 1.54) is 19.3 Å². The highest BCUT2D eigenvalue weighted by Gasteiger charge is 2.22. The number of anilines is 1. The van der Waals surface area contributed by atoms with Gasteiger partial charge in [0.15, 0.2) is 0 Å². The molecule has 16 heavy (non-hydrogen) atoms. The summed E-state index contributed by atoms with van der Waals surface area (Å²) in [6.45, 7) is 3.79. The molecule has 1 unspecified atom stereocenters. The zero-order valence-electron chi connectivity index (χ0n) is 9.89. The molecule has 2 heterocycles. The van der Waals surface area contributed by atoms with Gasteiger partial charge < -0.3 is 10.6 Å². The van der Waals surface area contributed by atoms with Gasteiger partial charge in [-0.1, -0.05) is 6.92 Å². The Hall–Kier alpha value is -1.16. The van der Waals surface area contributed by atoms with Gasteiger partial charge in [-0.3, -0.25) is 0 Å². The van der Waals surface area contributed by atoms with Gasteiger partial charge in [0, 0.05) is 25.3 Å². The van der Waals surface area contributed by atoms with Crippen molar-refractivity contribution in [3.05, 3.63) is 18.0 Å². The molecule has 2 rings (SSSR count). The minimum Gasteiger partial charge on any atom is -0.338 e. The molecule has 4 heteroatoms. The number of aromatic nitrogens is 2. The molecule has 0 aliphatic carbocycles. The second-order valence-corrected chi connectivity index (χ2v) is 4.30. The fourth-order valence-electron chi connectivity index (χ4n) is 2.32. The van der Waals surface area contributed by atoms with Crippen molar-refractivity contribution in [1.29, 1.82) is 0 Å². The molecular weight excluding hydrogens is 200 g/mol. The van der Waals surface area contributed by atoms with Crippen molar-refractivity contribution in [2.24, 2.45) is 5.73 Å². The van der Waals surface area contributed by atoms with Crippen molar-refractivity contribution in [3.8, 4) is 0 Å². The van der Waals surface area contributed by atoms with Gasteiger partial charge in [0.2, 0.25) is 5.95 Å². The molecule has 1 aromatic rings. The fourth-order valence-corrected chi connectivity index (χ4v) is 2.32. The third-order valence-electron chi connectivity index (χ3n) is 3.26. The highest BCUT2D eigenvalue weighted by Crippen LogP contribution is 2.23. The largest absolute Gasteiger partial charge is 0.338 e. The summed E-state index contributed by atoms with van der Waals surface area (Å²) in [5.41, 5.74) is 6.53. The van der Waals surface area contributed by atoms with E-state index in [4.69, 9.17) is 5.73 Å². The van der Waals surface area contributed by atoms with Crippen LogP contribution in [0.3, 0.4) is 0 Å². The maximum absolute atomic E-state index is 5.61. The van der Waals surface area contributed by atoms with Gasteiger partial charge in [-0.15, -0.1) is 0 Å². The summed E-state index contributed by atoms with van der Waals surface area (Å²) in [6, 6.07) is 2.48. The van der Waals surface area contributed by atoms with E-state index in [1.807, 2.05) is 12.3 Å². The first-order valence-electron chi connectivity index (χ1n) is 6.13. The lowest BCUT2D eigenvalue weighted by Crippen LogP contribution is -2.40. The minimum atomic E-state index is 0.486. The van der Waals surface area contributed by atoms with Crippen molar-refractivity contribution in [2.45, 2.75) is 45.2 Å². The number of piperidine rings is 1. The third-order valence-corrected chi connectivity index (χ3v) is 3.26. The van der Waals surface area contributed by atoms with Crippen LogP contribution in [0.1, 0.15) is 38.3 Å². The molecule has 1 fully saturated rings. The monoisotopic (exact) mass is 220 g/mol. The van der Waals surface area contributed by atoms with E-state index in [0.29, 0.717) is 12.6 Å². The summed E-state index contributed by atoms with van der Waals surface area (Å²) in [5.74, 6) is 0.856. The Bertz CT molecular complexity index is 340. The van der Waals surface area contributed by atoms with E-state index in [2.05, 4.69) is 21.8 Å². The van der Waals surface area contributed by atoms with Gasteiger partial charge in [-0.05, 0) is 31.7 Å². The predicted molar refractivity (Wildman–Crippen MR) is 65.2 cm³/mol. The lowest BCUT2D eigenvalue weighted by molar-refractivity contribution is 0.442. The summed E-state index contributed by atoms with van der Waals surface area (Å²) < 4.78 is 0. The summed E-state index contributed by atoms with van der Waals surface area (Å²) >= 11 is 0. The number of nitrogens with two attached hydrogens (primary N) is 1. The maximum atomic E-state index is 5.61. The first-order chi connectivity index (χ1) is 7.85. The highest BCUT2D eigenvalue weighted by molar-refractivity contribution is 5.32. The van der Waals surface area contributed by atoms with Crippen molar-refractivity contribution in [1.82, 2.24) is 9.97 Å². The average Bonchev–Trinajstić information content (AvgIpc) is 2.38. The third kappa shape index (κ3) is 2.32. The van der Waals surface area contributed by atoms with Crippen molar-refractivity contribution in [3.63, 3.8) is 0 Å². The first-order valence-corrected chi connectivity index (χ1v) is 6.13. The smallest absolute Gasteiger partial charge is 0.225 e. The van der Waals surface area contributed by atoms with Crippen LogP contribution in [0.2, 0.25) is 0 Å². The maximum Gasteiger partial charge on any atom is 0.225 e. The quantitative estimate of drug-likeness (QED) is 0.842. The van der Waals surface area contributed by atoms with Crippen LogP contribution in [0, 0.1) is 0 Å². The second kappa shape index (κ2) is 5.25. The van der Waals surface area contributed by atoms with E-state index in [1.54, 1.807) is 0 Å². The minimum absolute atomic E-state index is 0.486. The Labute approximate surface area is 96.9 Å². The summed E-state index contributed by atoms with van der Waals surface area (Å²) in [6.07, 6.45) is 6.80. The molecule has 88 valence electrons. The number of hydrogen-bond acceptors (Lipinski definition) is 4. The van der Waals surface area contributed by atoms with Gasteiger partial charge in [-0.25, -0.2) is 9.97 Å². The Morgan fingerprint density at radius 2 is 2.38 bits per heavy atom. The molecule has 0 saturated carbocycles. The molecule has 0 aromatic carbocycles. The van der Waals surface area contributed by atoms with E-state index in [-0.39, 0.29) is 0 Å². The van der Waals surface area contributed by atoms with Gasteiger partial charge in [-0.2, -0.15) is 0 Å². The van der Waals surface area contributed by atoms with E-state index in [9.17, 15) is 0 Å². The van der Waals surface area contributed by atoms with Gasteiger partial charge in [0.25, 0.3) is 0 Å². The van der Waals surface area contributed by atoms with Crippen LogP contribution in [0.4, 0.5) is 5.95 Å². The standard InChI is InChI=1S/C12H20N4/c1-2-11-5-3-4-8-16(11)12-14-7-6-10(9-13)15-12/h6-7,11H,2-5,8-9,13H2,1H3. The zero-order chi connectivity index (χ0) is 11.4. The molecule has 1 aliphatic heterocycles. The van der Waals surface area contributed by atoms with Crippen molar-refractivity contribution >= 4 is 5.95 Å². The summed E-state index contributed by atoms with van der Waals surface area (Å²) in [7, 11) is 0. The fraction of sp³-hybridized carbons (Fsp3) is 0.667. The van der Waals surface area contributed by atoms with Crippen LogP contribution >= 0.6 is 0 Å². The van der Waals surface area contributed by atoms with E-state index in [0.717, 1.165) is 24.6 Å². The number of rotatable bonds is 3. The Kier molecular flexibility index (Phi) is 3.72. The van der Waals surface area contributed by atoms with Gasteiger partial charge in [0.05, 0.1) is 5.69 Å². The summed E-state index contributed by atoms with van der Waals surface area (Å²) in [5, 5.41) is 0. The van der Waals surface area contributed by atoms with E-state index < -0.39 is 0 Å². The van der Waals surface area contributed by atoms with Crippen LogP contribution in [-0.4, -0.2) is 22.6 Å². The lowest BCUT2D eigenvalue weighted by Gasteiger charge is -2.35.